The lowest BCUT2D eigenvalue weighted by atomic mass is 10.1. The standard InChI is InChI=1S/C8H13N3O/c9-4-7(11)6-3-5(10)1-2-8(6)12/h1-3,7,12H,4,9-11H2/t7-/m0/s1. The highest BCUT2D eigenvalue weighted by Gasteiger charge is 2.08. The Morgan fingerprint density at radius 1 is 1.42 bits per heavy atom. The van der Waals surface area contributed by atoms with Gasteiger partial charge in [-0.2, -0.15) is 0 Å². The summed E-state index contributed by atoms with van der Waals surface area (Å²) in [5.74, 6) is 0.141. The molecule has 7 N–H and O–H groups in total. The summed E-state index contributed by atoms with van der Waals surface area (Å²) in [7, 11) is 0. The molecule has 66 valence electrons. The predicted octanol–water partition coefficient (Wildman–Crippen LogP) is -0.0671. The van der Waals surface area contributed by atoms with Crippen molar-refractivity contribution in [2.24, 2.45) is 11.5 Å². The van der Waals surface area contributed by atoms with Crippen LogP contribution in [0.25, 0.3) is 0 Å². The van der Waals surface area contributed by atoms with E-state index in [1.165, 1.54) is 6.07 Å². The topological polar surface area (TPSA) is 98.3 Å². The smallest absolute Gasteiger partial charge is 0.120 e. The minimum absolute atomic E-state index is 0.141. The van der Waals surface area contributed by atoms with E-state index in [-0.39, 0.29) is 18.3 Å². The number of nitrogen functional groups attached to an aromatic ring is 1. The summed E-state index contributed by atoms with van der Waals surface area (Å²) in [6.45, 7) is 0.289. The number of phenols is 1. The first kappa shape index (κ1) is 8.83. The second-order valence-corrected chi connectivity index (χ2v) is 2.66. The van der Waals surface area contributed by atoms with Crippen LogP contribution in [0, 0.1) is 0 Å². The number of phenolic OH excluding ortho intramolecular Hbond substituents is 1. The van der Waals surface area contributed by atoms with E-state index in [1.807, 2.05) is 0 Å². The van der Waals surface area contributed by atoms with Crippen LogP contribution in [0.1, 0.15) is 11.6 Å². The van der Waals surface area contributed by atoms with Crippen LogP contribution in [-0.2, 0) is 0 Å². The summed E-state index contributed by atoms with van der Waals surface area (Å²) in [6.07, 6.45) is 0. The lowest BCUT2D eigenvalue weighted by Crippen LogP contribution is -2.20. The van der Waals surface area contributed by atoms with E-state index in [9.17, 15) is 5.11 Å². The molecule has 1 atom stereocenters. The molecule has 12 heavy (non-hydrogen) atoms. The van der Waals surface area contributed by atoms with E-state index < -0.39 is 0 Å². The molecule has 1 rings (SSSR count). The third-order valence-corrected chi connectivity index (χ3v) is 1.70. The monoisotopic (exact) mass is 167 g/mol. The highest BCUT2D eigenvalue weighted by atomic mass is 16.3. The Labute approximate surface area is 71.0 Å². The van der Waals surface area contributed by atoms with Crippen molar-refractivity contribution in [1.29, 1.82) is 0 Å². The van der Waals surface area contributed by atoms with E-state index in [4.69, 9.17) is 17.2 Å². The third-order valence-electron chi connectivity index (χ3n) is 1.70. The minimum Gasteiger partial charge on any atom is -0.508 e. The molecule has 0 fully saturated rings. The van der Waals surface area contributed by atoms with Crippen LogP contribution < -0.4 is 17.2 Å². The van der Waals surface area contributed by atoms with Crippen LogP contribution in [0.5, 0.6) is 5.75 Å². The summed E-state index contributed by atoms with van der Waals surface area (Å²) in [6, 6.07) is 4.41. The van der Waals surface area contributed by atoms with Crippen molar-refractivity contribution < 1.29 is 5.11 Å². The molecule has 0 radical (unpaired) electrons. The molecule has 1 aromatic carbocycles. The zero-order valence-corrected chi connectivity index (χ0v) is 6.70. The molecule has 4 nitrogen and oxygen atoms in total. The molecular formula is C8H13N3O. The van der Waals surface area contributed by atoms with Gasteiger partial charge in [-0.15, -0.1) is 0 Å². The third kappa shape index (κ3) is 1.66. The fourth-order valence-corrected chi connectivity index (χ4v) is 0.997. The number of aromatic hydroxyl groups is 1. The molecule has 0 unspecified atom stereocenters. The predicted molar refractivity (Wildman–Crippen MR) is 48.5 cm³/mol. The van der Waals surface area contributed by atoms with Crippen LogP contribution in [0.2, 0.25) is 0 Å². The highest BCUT2D eigenvalue weighted by Crippen LogP contribution is 2.24. The molecule has 0 aliphatic carbocycles. The molecule has 0 aliphatic rings. The Bertz CT molecular complexity index is 275. The largest absolute Gasteiger partial charge is 0.508 e. The SMILES string of the molecule is NC[C@H](N)c1cc(N)ccc1O. The number of nitrogens with two attached hydrogens (primary N) is 3. The molecule has 0 bridgehead atoms. The van der Waals surface area contributed by atoms with Crippen molar-refractivity contribution in [2.45, 2.75) is 6.04 Å². The van der Waals surface area contributed by atoms with Gasteiger partial charge in [0.2, 0.25) is 0 Å². The number of rotatable bonds is 2. The van der Waals surface area contributed by atoms with Crippen molar-refractivity contribution >= 4 is 5.69 Å². The summed E-state index contributed by atoms with van der Waals surface area (Å²) < 4.78 is 0. The average Bonchev–Trinajstić information content (AvgIpc) is 2.08. The first-order valence-corrected chi connectivity index (χ1v) is 3.69. The number of hydrogen-bond donors (Lipinski definition) is 4. The highest BCUT2D eigenvalue weighted by molar-refractivity contribution is 5.48. The Morgan fingerprint density at radius 2 is 2.08 bits per heavy atom. The maximum atomic E-state index is 9.35. The van der Waals surface area contributed by atoms with Gasteiger partial charge < -0.3 is 22.3 Å². The van der Waals surface area contributed by atoms with Gasteiger partial charge in [0.25, 0.3) is 0 Å². The van der Waals surface area contributed by atoms with Crippen molar-refractivity contribution in [3.05, 3.63) is 23.8 Å². The summed E-state index contributed by atoms with van der Waals surface area (Å²) in [5, 5.41) is 9.35. The second-order valence-electron chi connectivity index (χ2n) is 2.66. The van der Waals surface area contributed by atoms with Crippen LogP contribution in [0.15, 0.2) is 18.2 Å². The van der Waals surface area contributed by atoms with Crippen molar-refractivity contribution in [3.63, 3.8) is 0 Å². The van der Waals surface area contributed by atoms with Gasteiger partial charge >= 0.3 is 0 Å². The maximum absolute atomic E-state index is 9.35. The molecule has 0 spiro atoms. The minimum atomic E-state index is -0.353. The van der Waals surface area contributed by atoms with E-state index in [0.29, 0.717) is 11.3 Å². The average molecular weight is 167 g/mol. The fraction of sp³-hybridized carbons (Fsp3) is 0.250. The lowest BCUT2D eigenvalue weighted by Gasteiger charge is -2.11. The molecule has 0 aliphatic heterocycles. The van der Waals surface area contributed by atoms with Crippen LogP contribution in [0.4, 0.5) is 5.69 Å². The van der Waals surface area contributed by atoms with Gasteiger partial charge in [0.1, 0.15) is 5.75 Å². The van der Waals surface area contributed by atoms with E-state index in [0.717, 1.165) is 0 Å². The Kier molecular flexibility index (Phi) is 2.52. The lowest BCUT2D eigenvalue weighted by molar-refractivity contribution is 0.462. The normalized spacial score (nSPS) is 12.8. The number of benzene rings is 1. The molecule has 4 heteroatoms. The van der Waals surface area contributed by atoms with Crippen LogP contribution in [-0.4, -0.2) is 11.7 Å². The first-order chi connectivity index (χ1) is 5.65. The molecule has 0 aromatic heterocycles. The summed E-state index contributed by atoms with van der Waals surface area (Å²) in [4.78, 5) is 0. The van der Waals surface area contributed by atoms with E-state index in [1.54, 1.807) is 12.1 Å². The van der Waals surface area contributed by atoms with Crippen LogP contribution >= 0.6 is 0 Å². The Hall–Kier alpha value is -1.26. The van der Waals surface area contributed by atoms with Crippen molar-refractivity contribution in [2.75, 3.05) is 12.3 Å². The van der Waals surface area contributed by atoms with Gasteiger partial charge in [0.15, 0.2) is 0 Å². The molecule has 0 saturated heterocycles. The zero-order chi connectivity index (χ0) is 9.14. The molecule has 0 saturated carbocycles. The Morgan fingerprint density at radius 3 is 2.67 bits per heavy atom. The summed E-state index contributed by atoms with van der Waals surface area (Å²) >= 11 is 0. The van der Waals surface area contributed by atoms with Crippen molar-refractivity contribution in [3.8, 4) is 5.75 Å². The first-order valence-electron chi connectivity index (χ1n) is 3.69. The van der Waals surface area contributed by atoms with E-state index in [2.05, 4.69) is 0 Å². The molecule has 0 amide bonds. The fourth-order valence-electron chi connectivity index (χ4n) is 0.997. The van der Waals surface area contributed by atoms with Gasteiger partial charge in [0, 0.05) is 23.8 Å². The number of anilines is 1. The zero-order valence-electron chi connectivity index (χ0n) is 6.70. The van der Waals surface area contributed by atoms with Crippen molar-refractivity contribution in [1.82, 2.24) is 0 Å². The van der Waals surface area contributed by atoms with Gasteiger partial charge in [-0.3, -0.25) is 0 Å². The van der Waals surface area contributed by atoms with Gasteiger partial charge in [-0.1, -0.05) is 0 Å². The molecule has 0 heterocycles. The van der Waals surface area contributed by atoms with Gasteiger partial charge in [-0.05, 0) is 18.2 Å². The summed E-state index contributed by atoms with van der Waals surface area (Å²) in [5.41, 5.74) is 17.7. The van der Waals surface area contributed by atoms with Gasteiger partial charge in [-0.25, -0.2) is 0 Å². The molecular weight excluding hydrogens is 154 g/mol. The quantitative estimate of drug-likeness (QED) is 0.366. The maximum Gasteiger partial charge on any atom is 0.120 e. The van der Waals surface area contributed by atoms with E-state index >= 15 is 0 Å². The Balaban J connectivity index is 3.04. The molecule has 1 aromatic rings. The van der Waals surface area contributed by atoms with Gasteiger partial charge in [0.05, 0.1) is 0 Å². The number of hydrogen-bond acceptors (Lipinski definition) is 4. The second kappa shape index (κ2) is 3.42. The van der Waals surface area contributed by atoms with Crippen LogP contribution in [0.3, 0.4) is 0 Å².